The zero-order valence-corrected chi connectivity index (χ0v) is 20.8. The lowest BCUT2D eigenvalue weighted by Crippen LogP contribution is -2.30. The molecule has 188 valence electrons. The van der Waals surface area contributed by atoms with Gasteiger partial charge in [-0.1, -0.05) is 42.5 Å². The first-order valence-corrected chi connectivity index (χ1v) is 12.0. The van der Waals surface area contributed by atoms with Gasteiger partial charge in [-0.2, -0.15) is 0 Å². The van der Waals surface area contributed by atoms with Gasteiger partial charge in [0, 0.05) is 11.9 Å². The number of aliphatic hydroxyl groups is 1. The maximum Gasteiger partial charge on any atom is 0.290 e. The van der Waals surface area contributed by atoms with E-state index in [1.807, 2.05) is 62.4 Å². The fourth-order valence-corrected chi connectivity index (χ4v) is 4.58. The number of hydrogen-bond acceptors (Lipinski definition) is 6. The molecule has 0 fully saturated rings. The monoisotopic (exact) mass is 497 g/mol. The number of methoxy groups -OCH3 is 1. The Kier molecular flexibility index (Phi) is 6.44. The normalized spacial score (nSPS) is 15.6. The zero-order valence-electron chi connectivity index (χ0n) is 20.8. The number of carbonyl (C=O) groups excluding carboxylic acids is 2. The molecule has 1 aliphatic heterocycles. The fraction of sp³-hybridized carbons (Fsp3) is 0.200. The Labute approximate surface area is 214 Å². The Morgan fingerprint density at radius 1 is 1.00 bits per heavy atom. The molecule has 1 unspecified atom stereocenters. The quantitative estimate of drug-likeness (QED) is 0.300. The third-order valence-electron chi connectivity index (χ3n) is 6.26. The molecule has 0 bridgehead atoms. The van der Waals surface area contributed by atoms with Crippen LogP contribution >= 0.6 is 0 Å². The number of rotatable bonds is 8. The summed E-state index contributed by atoms with van der Waals surface area (Å²) in [6.45, 7) is 4.01. The third kappa shape index (κ3) is 4.68. The first kappa shape index (κ1) is 24.2. The number of nitrogens with zero attached hydrogens (tertiary/aromatic N) is 1. The van der Waals surface area contributed by atoms with Crippen molar-refractivity contribution in [3.05, 3.63) is 107 Å². The van der Waals surface area contributed by atoms with Crippen LogP contribution < -0.4 is 9.47 Å². The first-order chi connectivity index (χ1) is 17.9. The molecule has 7 nitrogen and oxygen atoms in total. The number of para-hydroxylation sites is 1. The Balaban J connectivity index is 1.58. The van der Waals surface area contributed by atoms with Gasteiger partial charge in [-0.25, -0.2) is 0 Å². The van der Waals surface area contributed by atoms with Crippen molar-refractivity contribution in [1.29, 1.82) is 0 Å². The molecular formula is C30H27NO6. The molecule has 1 atom stereocenters. The molecule has 3 aromatic carbocycles. The molecule has 37 heavy (non-hydrogen) atoms. The minimum absolute atomic E-state index is 0.0285. The predicted molar refractivity (Wildman–Crippen MR) is 139 cm³/mol. The van der Waals surface area contributed by atoms with Gasteiger partial charge in [0.05, 0.1) is 24.8 Å². The topological polar surface area (TPSA) is 89.2 Å². The van der Waals surface area contributed by atoms with E-state index >= 15 is 0 Å². The number of amides is 1. The Bertz CT molecular complexity index is 1470. The van der Waals surface area contributed by atoms with E-state index in [4.69, 9.17) is 13.9 Å². The summed E-state index contributed by atoms with van der Waals surface area (Å²) in [6.07, 6.45) is -0.0588. The van der Waals surface area contributed by atoms with E-state index in [2.05, 4.69) is 0 Å². The van der Waals surface area contributed by atoms with Crippen LogP contribution in [0, 0.1) is 0 Å². The molecule has 1 N–H and O–H groups in total. The summed E-state index contributed by atoms with van der Waals surface area (Å²) in [4.78, 5) is 28.6. The van der Waals surface area contributed by atoms with Crippen molar-refractivity contribution in [2.45, 2.75) is 32.5 Å². The van der Waals surface area contributed by atoms with Gasteiger partial charge in [0.25, 0.3) is 5.91 Å². The standard InChI is InChI=1S/C30H27NO6/c1-18(2)36-23-9-6-8-21(15-23)27-26(28(32)25-16-20-7-4-5-10-24(20)37-25)29(33)30(34)31(27)17-19-11-13-22(35-3)14-12-19/h4-16,18,27,33H,17H2,1-3H3. The molecule has 0 radical (unpaired) electrons. The molecule has 5 rings (SSSR count). The summed E-state index contributed by atoms with van der Waals surface area (Å²) in [5.74, 6) is -0.407. The number of fused-ring (bicyclic) bond motifs is 1. The van der Waals surface area contributed by atoms with Gasteiger partial charge < -0.3 is 23.9 Å². The Morgan fingerprint density at radius 3 is 2.46 bits per heavy atom. The molecule has 1 amide bonds. The second-order valence-electron chi connectivity index (χ2n) is 9.16. The largest absolute Gasteiger partial charge is 0.503 e. The lowest BCUT2D eigenvalue weighted by atomic mass is 9.94. The van der Waals surface area contributed by atoms with Crippen molar-refractivity contribution in [2.24, 2.45) is 0 Å². The highest BCUT2D eigenvalue weighted by molar-refractivity contribution is 6.16. The number of hydrogen-bond donors (Lipinski definition) is 1. The van der Waals surface area contributed by atoms with E-state index in [-0.39, 0.29) is 24.0 Å². The molecule has 0 spiro atoms. The van der Waals surface area contributed by atoms with Crippen molar-refractivity contribution in [3.63, 3.8) is 0 Å². The van der Waals surface area contributed by atoms with Crippen molar-refractivity contribution >= 4 is 22.7 Å². The van der Waals surface area contributed by atoms with Crippen LogP contribution in [0.25, 0.3) is 11.0 Å². The van der Waals surface area contributed by atoms with Crippen LogP contribution in [-0.2, 0) is 11.3 Å². The third-order valence-corrected chi connectivity index (χ3v) is 6.26. The summed E-state index contributed by atoms with van der Waals surface area (Å²) in [7, 11) is 1.58. The molecular weight excluding hydrogens is 470 g/mol. The van der Waals surface area contributed by atoms with Crippen molar-refractivity contribution in [3.8, 4) is 11.5 Å². The number of carbonyl (C=O) groups is 2. The molecule has 0 saturated carbocycles. The summed E-state index contributed by atoms with van der Waals surface area (Å²) >= 11 is 0. The molecule has 0 saturated heterocycles. The van der Waals surface area contributed by atoms with Crippen LogP contribution in [0.3, 0.4) is 0 Å². The van der Waals surface area contributed by atoms with Gasteiger partial charge in [-0.15, -0.1) is 0 Å². The highest BCUT2D eigenvalue weighted by atomic mass is 16.5. The van der Waals surface area contributed by atoms with Crippen LogP contribution in [0.4, 0.5) is 0 Å². The number of furan rings is 1. The number of Topliss-reactive ketones (excluding diaryl/α,β-unsaturated/α-hetero) is 1. The number of ketones is 1. The Morgan fingerprint density at radius 2 is 1.76 bits per heavy atom. The maximum absolute atomic E-state index is 13.8. The average Bonchev–Trinajstić information content (AvgIpc) is 3.43. The van der Waals surface area contributed by atoms with E-state index in [0.717, 1.165) is 10.9 Å². The maximum atomic E-state index is 13.8. The lowest BCUT2D eigenvalue weighted by molar-refractivity contribution is -0.130. The second-order valence-corrected chi connectivity index (χ2v) is 9.16. The zero-order chi connectivity index (χ0) is 26.1. The van der Waals surface area contributed by atoms with Gasteiger partial charge >= 0.3 is 0 Å². The predicted octanol–water partition coefficient (Wildman–Crippen LogP) is 6.01. The lowest BCUT2D eigenvalue weighted by Gasteiger charge is -2.27. The van der Waals surface area contributed by atoms with Crippen molar-refractivity contribution in [2.75, 3.05) is 7.11 Å². The van der Waals surface area contributed by atoms with E-state index < -0.39 is 23.5 Å². The van der Waals surface area contributed by atoms with Crippen molar-refractivity contribution in [1.82, 2.24) is 4.90 Å². The van der Waals surface area contributed by atoms with Gasteiger partial charge in [0.2, 0.25) is 5.78 Å². The molecule has 0 aliphatic carbocycles. The number of aliphatic hydroxyl groups excluding tert-OH is 1. The summed E-state index contributed by atoms with van der Waals surface area (Å²) < 4.78 is 16.9. The molecule has 2 heterocycles. The average molecular weight is 498 g/mol. The molecule has 4 aromatic rings. The van der Waals surface area contributed by atoms with E-state index in [1.54, 1.807) is 37.4 Å². The first-order valence-electron chi connectivity index (χ1n) is 12.0. The molecule has 1 aliphatic rings. The molecule has 7 heteroatoms. The van der Waals surface area contributed by atoms with Gasteiger partial charge in [0.15, 0.2) is 11.5 Å². The number of ether oxygens (including phenoxy) is 2. The second kappa shape index (κ2) is 9.85. The van der Waals surface area contributed by atoms with E-state index in [9.17, 15) is 14.7 Å². The van der Waals surface area contributed by atoms with Crippen molar-refractivity contribution < 1.29 is 28.6 Å². The Hall–Kier alpha value is -4.52. The van der Waals surface area contributed by atoms with E-state index in [1.165, 1.54) is 4.90 Å². The van der Waals surface area contributed by atoms with Gasteiger partial charge in [-0.3, -0.25) is 9.59 Å². The summed E-state index contributed by atoms with van der Waals surface area (Å²) in [6, 6.07) is 22.6. The van der Waals surface area contributed by atoms with Crippen LogP contribution in [0.1, 0.15) is 41.6 Å². The summed E-state index contributed by atoms with van der Waals surface area (Å²) in [5.41, 5.74) is 1.98. The highest BCUT2D eigenvalue weighted by Crippen LogP contribution is 2.41. The van der Waals surface area contributed by atoms with Crippen LogP contribution in [0.5, 0.6) is 11.5 Å². The minimum Gasteiger partial charge on any atom is -0.503 e. The van der Waals surface area contributed by atoms with Crippen LogP contribution in [-0.4, -0.2) is 34.9 Å². The fourth-order valence-electron chi connectivity index (χ4n) is 4.58. The summed E-state index contributed by atoms with van der Waals surface area (Å²) in [5, 5.41) is 11.8. The van der Waals surface area contributed by atoms with Crippen LogP contribution in [0.15, 0.2) is 94.6 Å². The van der Waals surface area contributed by atoms with Crippen LogP contribution in [0.2, 0.25) is 0 Å². The SMILES string of the molecule is COc1ccc(CN2C(=O)C(O)=C(C(=O)c3cc4ccccc4o3)C2c2cccc(OC(C)C)c2)cc1. The van der Waals surface area contributed by atoms with Gasteiger partial charge in [-0.05, 0) is 61.4 Å². The minimum atomic E-state index is -0.842. The van der Waals surface area contributed by atoms with E-state index in [0.29, 0.717) is 22.6 Å². The van der Waals surface area contributed by atoms with Gasteiger partial charge in [0.1, 0.15) is 17.1 Å². The highest BCUT2D eigenvalue weighted by Gasteiger charge is 2.44. The molecule has 1 aromatic heterocycles. The number of benzene rings is 3. The smallest absolute Gasteiger partial charge is 0.290 e.